The van der Waals surface area contributed by atoms with Crippen molar-refractivity contribution in [3.05, 3.63) is 11.5 Å². The number of nitrogens with zero attached hydrogens (tertiary/aromatic N) is 4. The number of carbonyl (C=O) groups is 1. The van der Waals surface area contributed by atoms with Crippen LogP contribution in [0.25, 0.3) is 11.0 Å². The average Bonchev–Trinajstić information content (AvgIpc) is 3.07. The summed E-state index contributed by atoms with van der Waals surface area (Å²) >= 11 is 6.02. The van der Waals surface area contributed by atoms with Crippen LogP contribution in [0.2, 0.25) is 5.28 Å². The summed E-state index contributed by atoms with van der Waals surface area (Å²) in [5.41, 5.74) is -0.0770. The van der Waals surface area contributed by atoms with E-state index in [-0.39, 0.29) is 11.3 Å². The first kappa shape index (κ1) is 16.0. The number of ether oxygens (including phenoxy) is 1. The lowest BCUT2D eigenvalue weighted by Crippen LogP contribution is -2.43. The van der Waals surface area contributed by atoms with Crippen molar-refractivity contribution in [3.63, 3.8) is 0 Å². The number of amides is 1. The van der Waals surface area contributed by atoms with Crippen molar-refractivity contribution in [2.24, 2.45) is 0 Å². The van der Waals surface area contributed by atoms with Crippen LogP contribution < -0.4 is 4.90 Å². The largest absolute Gasteiger partial charge is 0.443 e. The summed E-state index contributed by atoms with van der Waals surface area (Å²) in [4.78, 5) is 22.8. The van der Waals surface area contributed by atoms with Crippen LogP contribution >= 0.6 is 11.6 Å². The Labute approximate surface area is 139 Å². The van der Waals surface area contributed by atoms with E-state index in [1.807, 2.05) is 20.8 Å². The zero-order valence-corrected chi connectivity index (χ0v) is 14.2. The van der Waals surface area contributed by atoms with Gasteiger partial charge < -0.3 is 4.74 Å². The number of H-pyrrole nitrogens is 1. The Morgan fingerprint density at radius 1 is 1.35 bits per heavy atom. The molecule has 2 heterocycles. The third-order valence-electron chi connectivity index (χ3n) is 3.77. The summed E-state index contributed by atoms with van der Waals surface area (Å²) in [5.74, 6) is 0.454. The van der Waals surface area contributed by atoms with Crippen LogP contribution in [0.5, 0.6) is 0 Å². The first-order valence-corrected chi connectivity index (χ1v) is 8.12. The summed E-state index contributed by atoms with van der Waals surface area (Å²) in [7, 11) is 0. The predicted molar refractivity (Wildman–Crippen MR) is 87.7 cm³/mol. The highest BCUT2D eigenvalue weighted by molar-refractivity contribution is 6.28. The zero-order chi connectivity index (χ0) is 16.6. The molecule has 1 aliphatic carbocycles. The van der Waals surface area contributed by atoms with Gasteiger partial charge in [-0.1, -0.05) is 12.8 Å². The number of nitrogens with one attached hydrogen (secondary N) is 1. The maximum Gasteiger partial charge on any atom is 0.416 e. The minimum atomic E-state index is -0.583. The van der Waals surface area contributed by atoms with E-state index < -0.39 is 11.7 Å². The van der Waals surface area contributed by atoms with Gasteiger partial charge in [-0.15, -0.1) is 0 Å². The van der Waals surface area contributed by atoms with E-state index in [0.29, 0.717) is 16.9 Å². The van der Waals surface area contributed by atoms with Crippen molar-refractivity contribution in [3.8, 4) is 0 Å². The van der Waals surface area contributed by atoms with Gasteiger partial charge in [0.25, 0.3) is 0 Å². The Kier molecular flexibility index (Phi) is 4.14. The Balaban J connectivity index is 2.06. The molecule has 0 bridgehead atoms. The van der Waals surface area contributed by atoms with Crippen molar-refractivity contribution in [1.29, 1.82) is 0 Å². The van der Waals surface area contributed by atoms with Gasteiger partial charge in [-0.3, -0.25) is 10.00 Å². The lowest BCUT2D eigenvalue weighted by molar-refractivity contribution is 0.0565. The van der Waals surface area contributed by atoms with Crippen molar-refractivity contribution in [2.45, 2.75) is 58.1 Å². The maximum atomic E-state index is 12.8. The molecule has 1 fully saturated rings. The Bertz CT molecular complexity index is 718. The fourth-order valence-corrected chi connectivity index (χ4v) is 3.02. The molecule has 0 radical (unpaired) electrons. The van der Waals surface area contributed by atoms with Gasteiger partial charge in [0.2, 0.25) is 5.28 Å². The lowest BCUT2D eigenvalue weighted by atomic mass is 10.2. The van der Waals surface area contributed by atoms with Crippen molar-refractivity contribution in [2.75, 3.05) is 4.90 Å². The molecule has 124 valence electrons. The van der Waals surface area contributed by atoms with E-state index in [1.165, 1.54) is 0 Å². The first-order chi connectivity index (χ1) is 10.8. The van der Waals surface area contributed by atoms with Gasteiger partial charge in [0.15, 0.2) is 11.5 Å². The van der Waals surface area contributed by atoms with E-state index in [2.05, 4.69) is 20.2 Å². The number of aromatic nitrogens is 4. The van der Waals surface area contributed by atoms with Gasteiger partial charge in [0.05, 0.1) is 11.6 Å². The van der Waals surface area contributed by atoms with Gasteiger partial charge in [0, 0.05) is 6.04 Å². The molecule has 2 aromatic rings. The van der Waals surface area contributed by atoms with Gasteiger partial charge in [-0.05, 0) is 45.2 Å². The SMILES string of the molecule is CC(C)(C)OC(=O)N(c1nc(Cl)nc2[nH]ncc12)C1CCCC1. The Morgan fingerprint density at radius 2 is 2.04 bits per heavy atom. The fourth-order valence-electron chi connectivity index (χ4n) is 2.86. The second kappa shape index (κ2) is 5.96. The van der Waals surface area contributed by atoms with E-state index >= 15 is 0 Å². The molecule has 0 atom stereocenters. The summed E-state index contributed by atoms with van der Waals surface area (Å²) in [6.07, 6.45) is 5.18. The topological polar surface area (TPSA) is 84.0 Å². The van der Waals surface area contributed by atoms with Crippen LogP contribution in [0.4, 0.5) is 10.6 Å². The average molecular weight is 338 g/mol. The molecule has 1 N–H and O–H groups in total. The molecule has 1 aliphatic rings. The molecular weight excluding hydrogens is 318 g/mol. The molecule has 1 amide bonds. The molecule has 1 saturated carbocycles. The molecule has 0 unspecified atom stereocenters. The second-order valence-corrected chi connectivity index (χ2v) is 7.08. The summed E-state index contributed by atoms with van der Waals surface area (Å²) in [6.45, 7) is 5.54. The number of aromatic amines is 1. The fraction of sp³-hybridized carbons (Fsp3) is 0.600. The van der Waals surface area contributed by atoms with Gasteiger partial charge in [-0.25, -0.2) is 4.79 Å². The molecule has 3 rings (SSSR count). The second-order valence-electron chi connectivity index (χ2n) is 6.74. The van der Waals surface area contributed by atoms with Crippen LogP contribution in [-0.2, 0) is 4.74 Å². The third kappa shape index (κ3) is 3.39. The van der Waals surface area contributed by atoms with E-state index in [9.17, 15) is 4.79 Å². The van der Waals surface area contributed by atoms with Crippen LogP contribution in [0.15, 0.2) is 6.20 Å². The quantitative estimate of drug-likeness (QED) is 0.845. The van der Waals surface area contributed by atoms with Crippen LogP contribution in [0.1, 0.15) is 46.5 Å². The van der Waals surface area contributed by atoms with Crippen molar-refractivity contribution < 1.29 is 9.53 Å². The van der Waals surface area contributed by atoms with E-state index in [0.717, 1.165) is 25.7 Å². The summed E-state index contributed by atoms with van der Waals surface area (Å²) < 4.78 is 5.58. The van der Waals surface area contributed by atoms with E-state index in [1.54, 1.807) is 11.1 Å². The highest BCUT2D eigenvalue weighted by Gasteiger charge is 2.34. The Hall–Kier alpha value is -1.89. The molecule has 7 nitrogen and oxygen atoms in total. The van der Waals surface area contributed by atoms with Crippen LogP contribution in [-0.4, -0.2) is 37.9 Å². The number of halogens is 1. The molecule has 23 heavy (non-hydrogen) atoms. The van der Waals surface area contributed by atoms with Gasteiger partial charge >= 0.3 is 6.09 Å². The number of anilines is 1. The molecule has 0 aromatic carbocycles. The lowest BCUT2D eigenvalue weighted by Gasteiger charge is -2.31. The van der Waals surface area contributed by atoms with E-state index in [4.69, 9.17) is 16.3 Å². The predicted octanol–water partition coefficient (Wildman–Crippen LogP) is 3.69. The number of rotatable bonds is 2. The standard InChI is InChI=1S/C15H20ClN5O2/c1-15(2,3)23-14(22)21(9-6-4-5-7-9)12-10-8-17-20-11(10)18-13(16)19-12/h8-9H,4-7H2,1-3H3,(H,17,18,19,20). The molecule has 0 spiro atoms. The summed E-state index contributed by atoms with van der Waals surface area (Å²) in [5, 5.41) is 7.48. The molecule has 0 aliphatic heterocycles. The molecule has 0 saturated heterocycles. The minimum absolute atomic E-state index is 0.0499. The van der Waals surface area contributed by atoms with Crippen LogP contribution in [0.3, 0.4) is 0 Å². The third-order valence-corrected chi connectivity index (χ3v) is 3.94. The number of carbonyl (C=O) groups excluding carboxylic acids is 1. The number of hydrogen-bond acceptors (Lipinski definition) is 5. The highest BCUT2D eigenvalue weighted by Crippen LogP contribution is 2.32. The first-order valence-electron chi connectivity index (χ1n) is 7.74. The monoisotopic (exact) mass is 337 g/mol. The van der Waals surface area contributed by atoms with Gasteiger partial charge in [0.1, 0.15) is 5.60 Å². The Morgan fingerprint density at radius 3 is 2.70 bits per heavy atom. The summed E-state index contributed by atoms with van der Waals surface area (Å²) in [6, 6.07) is 0.0499. The molecule has 8 heteroatoms. The minimum Gasteiger partial charge on any atom is -0.443 e. The van der Waals surface area contributed by atoms with Crippen molar-refractivity contribution in [1.82, 2.24) is 20.2 Å². The highest BCUT2D eigenvalue weighted by atomic mass is 35.5. The molecular formula is C15H20ClN5O2. The zero-order valence-electron chi connectivity index (χ0n) is 13.5. The molecule has 2 aromatic heterocycles. The number of fused-ring (bicyclic) bond motifs is 1. The maximum absolute atomic E-state index is 12.8. The number of hydrogen-bond donors (Lipinski definition) is 1. The van der Waals surface area contributed by atoms with Gasteiger partial charge in [-0.2, -0.15) is 15.1 Å². The van der Waals surface area contributed by atoms with Crippen LogP contribution in [0, 0.1) is 0 Å². The van der Waals surface area contributed by atoms with Crippen molar-refractivity contribution >= 4 is 34.5 Å². The normalized spacial score (nSPS) is 16.0. The smallest absolute Gasteiger partial charge is 0.416 e.